The van der Waals surface area contributed by atoms with Gasteiger partial charge < -0.3 is 29.5 Å². The first kappa shape index (κ1) is 76.4. The second kappa shape index (κ2) is 27.8. The molecule has 0 bridgehead atoms. The summed E-state index contributed by atoms with van der Waals surface area (Å²) in [5.74, 6) is 3.82. The Labute approximate surface area is 571 Å². The van der Waals surface area contributed by atoms with Gasteiger partial charge in [-0.15, -0.1) is 0 Å². The van der Waals surface area contributed by atoms with Gasteiger partial charge >= 0.3 is 0 Å². The van der Waals surface area contributed by atoms with Crippen LogP contribution in [0.1, 0.15) is 312 Å². The van der Waals surface area contributed by atoms with Crippen LogP contribution in [0, 0.1) is 20.8 Å². The fraction of sp³-hybridized carbons (Fsp3) is 0.523. The number of phenolic OH excluding ortho intramolecular Hbond substituents is 3. The maximum absolute atomic E-state index is 11.5. The average Bonchev–Trinajstić information content (AvgIpc) is 0.792. The summed E-state index contributed by atoms with van der Waals surface area (Å²) >= 11 is 0. The first-order valence-corrected chi connectivity index (χ1v) is 34.7. The number of hydrogen-bond acceptors (Lipinski definition) is 6. The van der Waals surface area contributed by atoms with Crippen molar-refractivity contribution in [1.82, 2.24) is 0 Å². The maximum atomic E-state index is 11.5. The Morgan fingerprint density at radius 2 is 0.500 bits per heavy atom. The summed E-state index contributed by atoms with van der Waals surface area (Å²) in [5, 5.41) is 34.4. The van der Waals surface area contributed by atoms with Crippen LogP contribution in [0.2, 0.25) is 0 Å². The fourth-order valence-corrected chi connectivity index (χ4v) is 13.1. The highest BCUT2D eigenvalue weighted by Gasteiger charge is 2.34. The monoisotopic (exact) mass is 1280 g/mol. The highest BCUT2D eigenvalue weighted by Crippen LogP contribution is 2.48. The van der Waals surface area contributed by atoms with Crippen LogP contribution in [0.15, 0.2) is 110 Å². The molecular formula is C88H124O6. The average molecular weight is 1280 g/mol. The van der Waals surface area contributed by atoms with Crippen molar-refractivity contribution >= 4 is 0 Å². The summed E-state index contributed by atoms with van der Waals surface area (Å²) in [7, 11) is 0. The Kier molecular flexibility index (Phi) is 22.6. The molecule has 0 spiro atoms. The Morgan fingerprint density at radius 1 is 0.298 bits per heavy atom. The molecule has 1 atom stereocenters. The van der Waals surface area contributed by atoms with Gasteiger partial charge in [0, 0.05) is 22.6 Å². The van der Waals surface area contributed by atoms with E-state index >= 15 is 0 Å². The molecule has 512 valence electrons. The first-order valence-electron chi connectivity index (χ1n) is 34.7. The van der Waals surface area contributed by atoms with Gasteiger partial charge in [0.1, 0.15) is 34.5 Å². The molecule has 6 aromatic carbocycles. The molecule has 1 unspecified atom stereocenters. The third kappa shape index (κ3) is 18.7. The van der Waals surface area contributed by atoms with Crippen LogP contribution in [-0.4, -0.2) is 15.3 Å². The molecule has 0 aromatic heterocycles. The van der Waals surface area contributed by atoms with E-state index in [1.165, 1.54) is 22.3 Å². The molecule has 0 aliphatic heterocycles. The van der Waals surface area contributed by atoms with Crippen molar-refractivity contribution in [3.8, 4) is 34.5 Å². The summed E-state index contributed by atoms with van der Waals surface area (Å²) in [6.07, 6.45) is 14.7. The molecule has 6 aromatic rings. The predicted octanol–water partition coefficient (Wildman–Crippen LogP) is 24.1. The quantitative estimate of drug-likeness (QED) is 0.0789. The van der Waals surface area contributed by atoms with Gasteiger partial charge in [0.15, 0.2) is 0 Å². The summed E-state index contributed by atoms with van der Waals surface area (Å²) in [4.78, 5) is 0. The Morgan fingerprint density at radius 3 is 0.713 bits per heavy atom. The van der Waals surface area contributed by atoms with Gasteiger partial charge in [-0.1, -0.05) is 248 Å². The lowest BCUT2D eigenvalue weighted by molar-refractivity contribution is 0.422. The standard InChI is InChI=1S/C88H124O6/c1-54(61-51-65(80(5,6)7)74(42-55(61)2)92-38-32-35-58-45-68(83(14,15)16)77(89)69(46-58)84(17,18)19)41-64(62-52-66(81(8,9)10)75(43-56(62)3)93-39-33-36-59-47-70(85(20,21)22)78(90)71(48-59)86(23,24)25)63-53-67(82(11,12)13)76(44-57(63)4)94-40-34-37-60-49-72(87(26,27)28)79(91)73(50-60)88(29,30)31/h32-34,38-40,42-54,64,89-91H,35-37,41H2,1-31H3. The van der Waals surface area contributed by atoms with E-state index in [0.29, 0.717) is 36.5 Å². The molecule has 3 N–H and O–H groups in total. The number of allylic oxidation sites excluding steroid dienone is 3. The van der Waals surface area contributed by atoms with Crippen LogP contribution in [-0.2, 0) is 68.0 Å². The lowest BCUT2D eigenvalue weighted by Gasteiger charge is -2.32. The minimum atomic E-state index is -0.266. The zero-order chi connectivity index (χ0) is 71.2. The SMILES string of the molecule is Cc1cc(OC=CCc2cc(C(C)(C)C)c(O)c(C(C)(C)C)c2)c(C(C)(C)C)cc1C(C)CC(c1cc(C(C)(C)C)c(OC=CCc2cc(C(C)(C)C)c(O)c(C(C)(C)C)c2)cc1C)c1cc(C(C)(C)C)c(OC=CCc2cc(C(C)(C)C)c(O)c(C(C)(C)C)c2)cc1C. The molecule has 0 aliphatic carbocycles. The molecular weight excluding hydrogens is 1150 g/mol. The fourth-order valence-electron chi connectivity index (χ4n) is 13.1. The van der Waals surface area contributed by atoms with Crippen molar-refractivity contribution in [3.63, 3.8) is 0 Å². The van der Waals surface area contributed by atoms with Crippen LogP contribution in [0.4, 0.5) is 0 Å². The van der Waals surface area contributed by atoms with Gasteiger partial charge in [0.05, 0.1) is 18.8 Å². The van der Waals surface area contributed by atoms with Crippen molar-refractivity contribution in [1.29, 1.82) is 0 Å². The number of aromatic hydroxyl groups is 3. The normalized spacial score (nSPS) is 14.2. The number of benzene rings is 6. The van der Waals surface area contributed by atoms with E-state index in [-0.39, 0.29) is 60.6 Å². The molecule has 6 heteroatoms. The van der Waals surface area contributed by atoms with Gasteiger partial charge in [-0.05, 0) is 221 Å². The van der Waals surface area contributed by atoms with E-state index in [0.717, 1.165) is 102 Å². The number of aryl methyl sites for hydroxylation is 3. The minimum Gasteiger partial charge on any atom is -0.507 e. The highest BCUT2D eigenvalue weighted by molar-refractivity contribution is 5.57. The molecule has 6 rings (SSSR count). The molecule has 0 saturated carbocycles. The van der Waals surface area contributed by atoms with E-state index < -0.39 is 0 Å². The zero-order valence-electron chi connectivity index (χ0n) is 64.4. The molecule has 94 heavy (non-hydrogen) atoms. The Balaban J connectivity index is 1.46. The van der Waals surface area contributed by atoms with Gasteiger partial charge in [-0.2, -0.15) is 0 Å². The number of ether oxygens (including phenoxy) is 3. The minimum absolute atomic E-state index is 0.0210. The molecule has 0 fully saturated rings. The molecule has 0 aliphatic rings. The van der Waals surface area contributed by atoms with Gasteiger partial charge in [0.25, 0.3) is 0 Å². The molecule has 0 amide bonds. The summed E-state index contributed by atoms with van der Waals surface area (Å²) in [6.45, 7) is 68.4. The zero-order valence-corrected chi connectivity index (χ0v) is 64.4. The van der Waals surface area contributed by atoms with E-state index in [1.807, 2.05) is 18.8 Å². The number of rotatable bonds is 17. The summed E-state index contributed by atoms with van der Waals surface area (Å²) in [5.41, 5.74) is 17.9. The van der Waals surface area contributed by atoms with E-state index in [1.54, 1.807) is 0 Å². The van der Waals surface area contributed by atoms with Crippen LogP contribution >= 0.6 is 0 Å². The second-order valence-electron chi connectivity index (χ2n) is 36.8. The Bertz CT molecular complexity index is 3500. The maximum Gasteiger partial charge on any atom is 0.130 e. The van der Waals surface area contributed by atoms with E-state index in [4.69, 9.17) is 14.2 Å². The van der Waals surface area contributed by atoms with Gasteiger partial charge in [-0.25, -0.2) is 0 Å². The van der Waals surface area contributed by atoms with Crippen molar-refractivity contribution in [3.05, 3.63) is 210 Å². The van der Waals surface area contributed by atoms with E-state index in [9.17, 15) is 15.3 Å². The third-order valence-corrected chi connectivity index (χ3v) is 18.7. The topological polar surface area (TPSA) is 88.4 Å². The smallest absolute Gasteiger partial charge is 0.130 e. The largest absolute Gasteiger partial charge is 0.507 e. The lowest BCUT2D eigenvalue weighted by atomic mass is 9.74. The van der Waals surface area contributed by atoms with Crippen molar-refractivity contribution in [2.45, 2.75) is 301 Å². The number of phenols is 3. The summed E-state index contributed by atoms with van der Waals surface area (Å²) in [6, 6.07) is 27.0. The molecule has 0 saturated heterocycles. The van der Waals surface area contributed by atoms with E-state index in [2.05, 4.69) is 306 Å². The molecule has 6 nitrogen and oxygen atoms in total. The Hall–Kier alpha value is -6.66. The van der Waals surface area contributed by atoms with Gasteiger partial charge in [-0.3, -0.25) is 0 Å². The van der Waals surface area contributed by atoms with Crippen molar-refractivity contribution in [2.24, 2.45) is 0 Å². The van der Waals surface area contributed by atoms with Crippen LogP contribution in [0.25, 0.3) is 0 Å². The van der Waals surface area contributed by atoms with Gasteiger partial charge in [0.2, 0.25) is 0 Å². The first-order chi connectivity index (χ1) is 42.7. The summed E-state index contributed by atoms with van der Waals surface area (Å²) < 4.78 is 20.2. The lowest BCUT2D eigenvalue weighted by Crippen LogP contribution is -2.18. The van der Waals surface area contributed by atoms with Crippen molar-refractivity contribution in [2.75, 3.05) is 0 Å². The molecule has 0 radical (unpaired) electrons. The molecule has 0 heterocycles. The highest BCUT2D eigenvalue weighted by atomic mass is 16.5. The second-order valence-corrected chi connectivity index (χ2v) is 36.8. The third-order valence-electron chi connectivity index (χ3n) is 18.7. The predicted molar refractivity (Wildman–Crippen MR) is 401 cm³/mol. The van der Waals surface area contributed by atoms with Crippen LogP contribution in [0.5, 0.6) is 34.5 Å². The van der Waals surface area contributed by atoms with Crippen molar-refractivity contribution < 1.29 is 29.5 Å². The van der Waals surface area contributed by atoms with Crippen LogP contribution < -0.4 is 14.2 Å². The van der Waals surface area contributed by atoms with Crippen LogP contribution in [0.3, 0.4) is 0 Å². The number of hydrogen-bond donors (Lipinski definition) is 3.